The lowest BCUT2D eigenvalue weighted by Crippen LogP contribution is -3.16. The number of nitrogens with zero attached hydrogens (tertiary/aromatic N) is 3. The Balaban J connectivity index is 1.88. The molecule has 1 fully saturated rings. The molecule has 1 unspecified atom stereocenters. The number of nitrogens with one attached hydrogen (secondary N) is 1. The quantitative estimate of drug-likeness (QED) is 0.645. The molecular weight excluding hydrogens is 392 g/mol. The molecule has 0 aromatic carbocycles. The van der Waals surface area contributed by atoms with Gasteiger partial charge in [0.1, 0.15) is 18.3 Å². The Labute approximate surface area is 163 Å². The summed E-state index contributed by atoms with van der Waals surface area (Å²) in [6, 6.07) is 4.10. The number of rotatable bonds is 8. The van der Waals surface area contributed by atoms with Crippen molar-refractivity contribution < 1.29 is 18.1 Å². The Morgan fingerprint density at radius 2 is 2.31 bits per heavy atom. The number of aromatic nitrogens is 3. The lowest BCUT2D eigenvalue weighted by atomic mass is 10.2. The van der Waals surface area contributed by atoms with E-state index in [9.17, 15) is 8.42 Å². The minimum Gasteiger partial charge on any atom is -0.379 e. The third-order valence-corrected chi connectivity index (χ3v) is 7.84. The normalized spacial score (nSPS) is 20.5. The molecule has 0 saturated carbocycles. The first-order valence-electron chi connectivity index (χ1n) is 8.70. The van der Waals surface area contributed by atoms with E-state index in [1.807, 2.05) is 26.8 Å². The Morgan fingerprint density at radius 3 is 2.88 bits per heavy atom. The van der Waals surface area contributed by atoms with E-state index >= 15 is 0 Å². The highest BCUT2D eigenvalue weighted by Gasteiger charge is 2.35. The smallest absolute Gasteiger partial charge is 0.203 e. The summed E-state index contributed by atoms with van der Waals surface area (Å²) in [5.74, 6) is 1.37. The molecule has 0 bridgehead atoms. The number of hydrogen-bond acceptors (Lipinski definition) is 6. The van der Waals surface area contributed by atoms with Crippen molar-refractivity contribution >= 4 is 33.4 Å². The molecule has 0 amide bonds. The average molecular weight is 418 g/mol. The molecule has 2 atom stereocenters. The largest absolute Gasteiger partial charge is 0.379 e. The number of sulfone groups is 1. The van der Waals surface area contributed by atoms with Gasteiger partial charge in [-0.3, -0.25) is 4.57 Å². The van der Waals surface area contributed by atoms with Crippen LogP contribution in [0.25, 0.3) is 10.7 Å². The zero-order valence-corrected chi connectivity index (χ0v) is 17.5. The standard InChI is InChI=1S/C16H24N4O3S3/c1-3-19-15(14-5-4-9-25-14)17-20(16(19)24)12-18(7-8-23-2)13-6-10-26(21,22)11-13/h4-5,9,13H,3,6-8,10-12H2,1-2H3/p+1/t13-/m0/s1. The molecule has 3 rings (SSSR count). The Kier molecular flexibility index (Phi) is 6.29. The number of thiophene rings is 1. The van der Waals surface area contributed by atoms with Gasteiger partial charge in [0, 0.05) is 20.1 Å². The summed E-state index contributed by atoms with van der Waals surface area (Å²) in [6.07, 6.45) is 0.682. The van der Waals surface area contributed by atoms with Gasteiger partial charge in [-0.25, -0.2) is 8.42 Å². The maximum Gasteiger partial charge on any atom is 0.203 e. The predicted molar refractivity (Wildman–Crippen MR) is 105 cm³/mol. The zero-order chi connectivity index (χ0) is 18.7. The summed E-state index contributed by atoms with van der Waals surface area (Å²) < 4.78 is 33.6. The van der Waals surface area contributed by atoms with Crippen LogP contribution in [0.4, 0.5) is 0 Å². The highest BCUT2D eigenvalue weighted by molar-refractivity contribution is 7.91. The fourth-order valence-corrected chi connectivity index (χ4v) is 6.24. The molecule has 2 aromatic rings. The molecule has 3 heterocycles. The molecule has 1 aliphatic heterocycles. The fraction of sp³-hybridized carbons (Fsp3) is 0.625. The van der Waals surface area contributed by atoms with Gasteiger partial charge < -0.3 is 9.64 Å². The molecule has 26 heavy (non-hydrogen) atoms. The van der Waals surface area contributed by atoms with Crippen LogP contribution in [0.5, 0.6) is 0 Å². The van der Waals surface area contributed by atoms with Crippen LogP contribution in [0.15, 0.2) is 17.5 Å². The molecule has 144 valence electrons. The second kappa shape index (κ2) is 8.30. The van der Waals surface area contributed by atoms with E-state index < -0.39 is 9.84 Å². The molecule has 0 spiro atoms. The van der Waals surface area contributed by atoms with Gasteiger partial charge in [0.2, 0.25) is 4.77 Å². The third-order valence-electron chi connectivity index (χ3n) is 4.77. The van der Waals surface area contributed by atoms with Crippen LogP contribution in [-0.2, 0) is 27.8 Å². The second-order valence-electron chi connectivity index (χ2n) is 6.49. The fourth-order valence-electron chi connectivity index (χ4n) is 3.37. The first kappa shape index (κ1) is 19.7. The second-order valence-corrected chi connectivity index (χ2v) is 10.0. The lowest BCUT2D eigenvalue weighted by molar-refractivity contribution is -0.945. The number of quaternary nitrogens is 1. The van der Waals surface area contributed by atoms with E-state index in [-0.39, 0.29) is 17.5 Å². The average Bonchev–Trinajstić information content (AvgIpc) is 3.31. The molecule has 0 aliphatic carbocycles. The summed E-state index contributed by atoms with van der Waals surface area (Å²) >= 11 is 7.28. The van der Waals surface area contributed by atoms with Gasteiger partial charge in [0.05, 0.1) is 17.2 Å². The molecular formula is C16H25N4O3S3+. The van der Waals surface area contributed by atoms with Gasteiger partial charge in [-0.1, -0.05) is 6.07 Å². The molecule has 7 nitrogen and oxygen atoms in total. The minimum atomic E-state index is -2.93. The summed E-state index contributed by atoms with van der Waals surface area (Å²) in [6.45, 7) is 4.65. The highest BCUT2D eigenvalue weighted by atomic mass is 32.2. The molecule has 0 radical (unpaired) electrons. The topological polar surface area (TPSA) is 70.6 Å². The maximum atomic E-state index is 11.9. The van der Waals surface area contributed by atoms with E-state index in [0.717, 1.165) is 28.7 Å². The number of methoxy groups -OCH3 is 1. The summed E-state index contributed by atoms with van der Waals surface area (Å²) in [4.78, 5) is 2.24. The van der Waals surface area contributed by atoms with Crippen molar-refractivity contribution in [2.75, 3.05) is 31.8 Å². The Hall–Kier alpha value is -1.07. The summed E-state index contributed by atoms with van der Waals surface area (Å²) in [5, 5.41) is 6.78. The van der Waals surface area contributed by atoms with Crippen molar-refractivity contribution in [2.45, 2.75) is 32.6 Å². The van der Waals surface area contributed by atoms with Crippen LogP contribution in [0.1, 0.15) is 13.3 Å². The van der Waals surface area contributed by atoms with Crippen molar-refractivity contribution in [1.82, 2.24) is 14.3 Å². The molecule has 1 N–H and O–H groups in total. The van der Waals surface area contributed by atoms with Crippen LogP contribution in [-0.4, -0.2) is 60.6 Å². The van der Waals surface area contributed by atoms with Crippen LogP contribution in [0.2, 0.25) is 0 Å². The SMILES string of the molecule is CCn1c(-c2cccs2)nn(C[NH+](CCOC)[C@H]2CCS(=O)(=O)C2)c1=S. The van der Waals surface area contributed by atoms with Crippen LogP contribution in [0.3, 0.4) is 0 Å². The minimum absolute atomic E-state index is 0.0639. The summed E-state index contributed by atoms with van der Waals surface area (Å²) in [7, 11) is -1.27. The van der Waals surface area contributed by atoms with Gasteiger partial charge in [0.25, 0.3) is 0 Å². The van der Waals surface area contributed by atoms with Crippen molar-refractivity contribution in [3.63, 3.8) is 0 Å². The predicted octanol–water partition coefficient (Wildman–Crippen LogP) is 0.838. The van der Waals surface area contributed by atoms with Crippen molar-refractivity contribution in [1.29, 1.82) is 0 Å². The van der Waals surface area contributed by atoms with Crippen LogP contribution < -0.4 is 4.90 Å². The number of hydrogen-bond donors (Lipinski definition) is 1. The van der Waals surface area contributed by atoms with Crippen LogP contribution in [0, 0.1) is 4.77 Å². The summed E-state index contributed by atoms with van der Waals surface area (Å²) in [5.41, 5.74) is 0. The van der Waals surface area contributed by atoms with E-state index in [4.69, 9.17) is 22.1 Å². The van der Waals surface area contributed by atoms with Gasteiger partial charge in [-0.15, -0.1) is 16.4 Å². The van der Waals surface area contributed by atoms with Gasteiger partial charge in [0.15, 0.2) is 22.3 Å². The lowest BCUT2D eigenvalue weighted by Gasteiger charge is -2.24. The van der Waals surface area contributed by atoms with Crippen molar-refractivity contribution in [3.8, 4) is 10.7 Å². The monoisotopic (exact) mass is 417 g/mol. The van der Waals surface area contributed by atoms with E-state index in [0.29, 0.717) is 24.5 Å². The molecule has 10 heteroatoms. The first-order valence-corrected chi connectivity index (χ1v) is 11.8. The van der Waals surface area contributed by atoms with Gasteiger partial charge >= 0.3 is 0 Å². The van der Waals surface area contributed by atoms with E-state index in [1.54, 1.807) is 18.4 Å². The Morgan fingerprint density at radius 1 is 1.50 bits per heavy atom. The third kappa shape index (κ3) is 4.25. The zero-order valence-electron chi connectivity index (χ0n) is 15.1. The van der Waals surface area contributed by atoms with Gasteiger partial charge in [-0.05, 0) is 30.6 Å². The molecule has 2 aromatic heterocycles. The van der Waals surface area contributed by atoms with Crippen molar-refractivity contribution in [2.24, 2.45) is 0 Å². The molecule has 1 saturated heterocycles. The maximum absolute atomic E-state index is 11.9. The van der Waals surface area contributed by atoms with Crippen LogP contribution >= 0.6 is 23.6 Å². The number of ether oxygens (including phenoxy) is 1. The molecule has 1 aliphatic rings. The van der Waals surface area contributed by atoms with Crippen molar-refractivity contribution in [3.05, 3.63) is 22.3 Å². The highest BCUT2D eigenvalue weighted by Crippen LogP contribution is 2.23. The Bertz CT molecular complexity index is 886. The van der Waals surface area contributed by atoms with E-state index in [2.05, 4.69) is 6.92 Å². The first-order chi connectivity index (χ1) is 12.4. The van der Waals surface area contributed by atoms with E-state index in [1.165, 1.54) is 0 Å². The van der Waals surface area contributed by atoms with Gasteiger partial charge in [-0.2, -0.15) is 4.68 Å².